The van der Waals surface area contributed by atoms with Crippen LogP contribution in [0.1, 0.15) is 52.6 Å². The number of aromatic amines is 1. The number of H-pyrrole nitrogens is 1. The molecule has 0 bridgehead atoms. The van der Waals surface area contributed by atoms with Gasteiger partial charge < -0.3 is 35.2 Å². The van der Waals surface area contributed by atoms with E-state index in [0.29, 0.717) is 12.6 Å². The van der Waals surface area contributed by atoms with Crippen molar-refractivity contribution in [3.8, 4) is 0 Å². The number of aliphatic hydroxyl groups excluding tert-OH is 1. The van der Waals surface area contributed by atoms with Crippen LogP contribution in [0.15, 0.2) is 50.8 Å². The maximum atomic E-state index is 12.3. The Kier molecular flexibility index (Phi) is 17.4. The summed E-state index contributed by atoms with van der Waals surface area (Å²) >= 11 is 0. The number of nitrogens with zero attached hydrogens (tertiary/aromatic N) is 2. The first-order valence-electron chi connectivity index (χ1n) is 18.2. The molecule has 277 valence electrons. The van der Waals surface area contributed by atoms with Crippen LogP contribution >= 0.6 is 0 Å². The van der Waals surface area contributed by atoms with Crippen molar-refractivity contribution in [1.29, 1.82) is 0 Å². The molecule has 10 nitrogen and oxygen atoms in total. The molecule has 15 heteroatoms. The zero-order valence-corrected chi connectivity index (χ0v) is 40.4. The van der Waals surface area contributed by atoms with Gasteiger partial charge >= 0.3 is 0 Å². The molecule has 0 spiro atoms. The van der Waals surface area contributed by atoms with Gasteiger partial charge in [0.2, 0.25) is 16.7 Å². The first kappa shape index (κ1) is 46.8. The third kappa shape index (κ3) is 9.43. The summed E-state index contributed by atoms with van der Waals surface area (Å²) < 4.78 is 3.35. The minimum absolute atomic E-state index is 0. The summed E-state index contributed by atoms with van der Waals surface area (Å²) in [6.45, 7) is 2.69. The molecule has 0 aliphatic carbocycles. The number of fused-ring (bicyclic) bond motifs is 9. The van der Waals surface area contributed by atoms with Gasteiger partial charge in [0.05, 0.1) is 15.7 Å². The van der Waals surface area contributed by atoms with E-state index in [4.69, 9.17) is 15.7 Å². The summed E-state index contributed by atoms with van der Waals surface area (Å²) in [5.41, 5.74) is 10.8. The summed E-state index contributed by atoms with van der Waals surface area (Å²) in [4.78, 5) is 39.4. The Bertz CT molecular complexity index is 2440. The summed E-state index contributed by atoms with van der Waals surface area (Å²) in [6.07, 6.45) is 6.42. The molecule has 0 atom stereocenters. The third-order valence-corrected chi connectivity index (χ3v) is 10.4. The monoisotopic (exact) mass is 970 g/mol. The second-order valence-corrected chi connectivity index (χ2v) is 13.7. The van der Waals surface area contributed by atoms with Crippen molar-refractivity contribution >= 4 is 65.5 Å². The summed E-state index contributed by atoms with van der Waals surface area (Å²) in [5.74, 6) is 0. The molecule has 6 heterocycles. The molecule has 3 aromatic heterocycles. The van der Waals surface area contributed by atoms with Crippen LogP contribution in [0.25, 0.3) is 32.7 Å². The van der Waals surface area contributed by atoms with E-state index in [0.717, 1.165) is 141 Å². The zero-order chi connectivity index (χ0) is 37.2. The molecule has 3 aliphatic rings. The molecule has 5 N–H and O–H groups in total. The molecular weight excluding hydrogens is 929 g/mol. The van der Waals surface area contributed by atoms with Crippen LogP contribution in [-0.4, -0.2) is 54.6 Å². The molecule has 0 saturated carbocycles. The number of aliphatic hydroxyl groups is 1. The smallest absolute Gasteiger partial charge is 0.238 e. The van der Waals surface area contributed by atoms with Crippen molar-refractivity contribution in [2.45, 2.75) is 57.8 Å². The number of pyridine rings is 3. The van der Waals surface area contributed by atoms with Crippen molar-refractivity contribution in [1.82, 2.24) is 14.1 Å². The summed E-state index contributed by atoms with van der Waals surface area (Å²) in [7, 11) is 14.8. The Morgan fingerprint density at radius 3 is 1.52 bits per heavy atom. The fourth-order valence-electron chi connectivity index (χ4n) is 7.49. The van der Waals surface area contributed by atoms with Gasteiger partial charge in [0.1, 0.15) is 0 Å². The number of benzene rings is 3. The van der Waals surface area contributed by atoms with Crippen molar-refractivity contribution in [3.05, 3.63) is 119 Å². The Labute approximate surface area is 404 Å². The number of anilines is 3. The second-order valence-electron chi connectivity index (χ2n) is 13.7. The van der Waals surface area contributed by atoms with E-state index in [1.165, 1.54) is 0 Å². The second kappa shape index (κ2) is 20.9. The van der Waals surface area contributed by atoms with Gasteiger partial charge in [0.15, 0.2) is 0 Å². The molecule has 0 unspecified atom stereocenters. The molecule has 9 rings (SSSR count). The topological polar surface area (TPSA) is 133 Å². The fraction of sp³-hybridized carbons (Fsp3) is 0.341. The van der Waals surface area contributed by atoms with Crippen molar-refractivity contribution in [2.75, 3.05) is 35.6 Å². The number of hydrogen-bond donors (Lipinski definition) is 5. The zero-order valence-electron chi connectivity index (χ0n) is 31.9. The van der Waals surface area contributed by atoms with Crippen LogP contribution < -0.4 is 32.6 Å². The van der Waals surface area contributed by atoms with E-state index in [2.05, 4.69) is 39.1 Å². The molecule has 3 aromatic carbocycles. The maximum absolute atomic E-state index is 12.3. The summed E-state index contributed by atoms with van der Waals surface area (Å²) in [5, 5.41) is 22.0. The van der Waals surface area contributed by atoms with Crippen LogP contribution in [-0.2, 0) is 151 Å². The normalized spacial score (nSPS) is 13.6. The largest absolute Gasteiger partial charge is 0.423 e. The van der Waals surface area contributed by atoms with Crippen LogP contribution in [0.3, 0.4) is 0 Å². The maximum Gasteiger partial charge on any atom is 0.238 e. The summed E-state index contributed by atoms with van der Waals surface area (Å²) in [6, 6.07) is 21.0. The Balaban J connectivity index is 0.000000182. The standard InChI is InChI=1S/C14H14BN2O.C14H15N2O2.C13H12BN2O.3Y/c1-17-12-7-9(8-15)4-5-10(12)13-11(14(17)18)3-2-6-16-13;1-16-12-7-9(8-17)4-5-10(12)13-11(14(16)18)3-2-6-15-13;14-7-8-3-4-9-11(6-8)16-13(17)10-2-1-5-15-12(9)10;;;/h4,7,16H,2-3,6,8H2,1H3;4,7,15,17H,2-3,6,8H2,1H3;3,6,15H,1-2,5,7H2,(H,16,17);;;/q3*-1;;;. The number of nitrogens with one attached hydrogen (secondary N) is 4. The average Bonchev–Trinajstić information content (AvgIpc) is 3.22. The van der Waals surface area contributed by atoms with E-state index in [1.54, 1.807) is 22.2 Å². The van der Waals surface area contributed by atoms with Crippen molar-refractivity contribution in [3.63, 3.8) is 0 Å². The van der Waals surface area contributed by atoms with Crippen LogP contribution in [0.5, 0.6) is 0 Å². The third-order valence-electron chi connectivity index (χ3n) is 10.4. The molecule has 6 aromatic rings. The molecule has 56 heavy (non-hydrogen) atoms. The van der Waals surface area contributed by atoms with Gasteiger partial charge in [-0.25, -0.2) is 0 Å². The number of hydrogen-bond acceptors (Lipinski definition) is 7. The first-order chi connectivity index (χ1) is 25.7. The van der Waals surface area contributed by atoms with E-state index >= 15 is 0 Å². The van der Waals surface area contributed by atoms with Crippen molar-refractivity contribution in [2.24, 2.45) is 14.1 Å². The predicted octanol–water partition coefficient (Wildman–Crippen LogP) is 3.90. The van der Waals surface area contributed by atoms with Crippen LogP contribution in [0, 0.1) is 18.2 Å². The van der Waals surface area contributed by atoms with Gasteiger partial charge in [0, 0.05) is 138 Å². The van der Waals surface area contributed by atoms with E-state index in [9.17, 15) is 19.5 Å². The Hall–Kier alpha value is -1.91. The van der Waals surface area contributed by atoms with Crippen LogP contribution in [0.4, 0.5) is 17.1 Å². The number of rotatable bonds is 3. The van der Waals surface area contributed by atoms with Crippen molar-refractivity contribution < 1.29 is 103 Å². The molecule has 3 aliphatic heterocycles. The minimum atomic E-state index is -0.0366. The fourth-order valence-corrected chi connectivity index (χ4v) is 7.49. The molecule has 0 amide bonds. The minimum Gasteiger partial charge on any atom is -0.423 e. The Morgan fingerprint density at radius 2 is 1.04 bits per heavy atom. The molecule has 0 fully saturated rings. The number of aromatic nitrogens is 3. The SMILES string of the molecule is Cn1c(=O)c2c(c3[c-]cc(CO)cc31)NCCC2.[B]Cc1c[c-]c2c3c(c(=O)[nH]c2c1)CCCN3.[B]Cc1c[c-]c2c3c(c(=O)n(C)c2c1)CCCN3.[Y].[Y].[Y]. The predicted molar refractivity (Wildman–Crippen MR) is 215 cm³/mol. The van der Waals surface area contributed by atoms with Gasteiger partial charge in [-0.05, 0) is 88.8 Å². The average molecular weight is 970 g/mol. The number of aryl methyl sites for hydroxylation is 2. The van der Waals surface area contributed by atoms with Gasteiger partial charge in [0.25, 0.3) is 0 Å². The van der Waals surface area contributed by atoms with Gasteiger partial charge in [-0.15, -0.1) is 87.4 Å². The van der Waals surface area contributed by atoms with Crippen LogP contribution in [0.2, 0.25) is 0 Å². The van der Waals surface area contributed by atoms with Gasteiger partial charge in [-0.1, -0.05) is 12.6 Å². The van der Waals surface area contributed by atoms with Gasteiger partial charge in [-0.2, -0.15) is 0 Å². The van der Waals surface area contributed by atoms with Gasteiger partial charge in [-0.3, -0.25) is 14.4 Å². The first-order valence-corrected chi connectivity index (χ1v) is 18.2. The molecule has 0 saturated heterocycles. The molecular formula is C41H41B2N6O4Y3-3. The Morgan fingerprint density at radius 1 is 0.625 bits per heavy atom. The van der Waals surface area contributed by atoms with E-state index < -0.39 is 0 Å². The molecule has 7 radical (unpaired) electrons. The quantitative estimate of drug-likeness (QED) is 0.134. The van der Waals surface area contributed by atoms with E-state index in [-0.39, 0.29) is 121 Å². The van der Waals surface area contributed by atoms with E-state index in [1.807, 2.05) is 37.4 Å².